The Morgan fingerprint density at radius 1 is 0.884 bits per heavy atom. The van der Waals surface area contributed by atoms with Crippen LogP contribution in [0.1, 0.15) is 48.3 Å². The van der Waals surface area contributed by atoms with Crippen molar-refractivity contribution in [3.8, 4) is 23.0 Å². The molecular weight excluding hydrogens is 548 g/mol. The van der Waals surface area contributed by atoms with E-state index in [1.54, 1.807) is 0 Å². The summed E-state index contributed by atoms with van der Waals surface area (Å²) in [7, 11) is 0. The number of aryl methyl sites for hydroxylation is 2. The second kappa shape index (κ2) is 11.8. The molecule has 0 amide bonds. The van der Waals surface area contributed by atoms with Gasteiger partial charge in [0, 0.05) is 36.7 Å². The minimum absolute atomic E-state index is 0.145. The predicted octanol–water partition coefficient (Wildman–Crippen LogP) is 4.76. The predicted molar refractivity (Wildman–Crippen MR) is 158 cm³/mol. The Morgan fingerprint density at radius 2 is 1.65 bits per heavy atom. The minimum Gasteiger partial charge on any atom is -0.454 e. The molecule has 1 N–H and O–H groups in total. The van der Waals surface area contributed by atoms with E-state index in [-0.39, 0.29) is 25.2 Å². The summed E-state index contributed by atoms with van der Waals surface area (Å²) in [6, 6.07) is 21.8. The molecule has 0 saturated heterocycles. The van der Waals surface area contributed by atoms with Crippen molar-refractivity contribution >= 4 is 10.9 Å². The standard InChI is InChI=1S/C32H32N6O5/c1-2-6-26(31-34-35-36-38(31)12-11-21-7-4-3-5-8-21)37(17-22-9-10-27-28(13-22)41-19-40-27)18-24-14-23-15-29-30(43-20-42-29)16-25(23)33-32(24)39/h3-5,7-10,13-16,26H,2,6,11-12,17-20H2,1H3,(H,33,39). The van der Waals surface area contributed by atoms with E-state index in [1.807, 2.05) is 59.3 Å². The van der Waals surface area contributed by atoms with Crippen LogP contribution in [0.3, 0.4) is 0 Å². The van der Waals surface area contributed by atoms with Gasteiger partial charge in [-0.1, -0.05) is 49.7 Å². The minimum atomic E-state index is -0.152. The molecule has 0 saturated carbocycles. The summed E-state index contributed by atoms with van der Waals surface area (Å²) in [5.74, 6) is 3.53. The number of pyridine rings is 1. The molecule has 0 aliphatic carbocycles. The molecule has 5 aromatic rings. The summed E-state index contributed by atoms with van der Waals surface area (Å²) in [4.78, 5) is 18.8. The van der Waals surface area contributed by atoms with Gasteiger partial charge in [-0.25, -0.2) is 4.68 Å². The van der Waals surface area contributed by atoms with E-state index in [1.165, 1.54) is 5.56 Å². The number of nitrogens with one attached hydrogen (secondary N) is 1. The Balaban J connectivity index is 1.24. The van der Waals surface area contributed by atoms with Crippen LogP contribution in [-0.2, 0) is 26.1 Å². The van der Waals surface area contributed by atoms with Crippen molar-refractivity contribution in [3.63, 3.8) is 0 Å². The average Bonchev–Trinajstić information content (AvgIpc) is 3.79. The van der Waals surface area contributed by atoms with Crippen LogP contribution in [0, 0.1) is 0 Å². The fourth-order valence-electron chi connectivity index (χ4n) is 5.77. The van der Waals surface area contributed by atoms with E-state index in [2.05, 4.69) is 44.5 Å². The number of hydrogen-bond donors (Lipinski definition) is 1. The molecule has 7 rings (SSSR count). The zero-order chi connectivity index (χ0) is 29.2. The zero-order valence-electron chi connectivity index (χ0n) is 23.9. The molecule has 1 atom stereocenters. The van der Waals surface area contributed by atoms with E-state index < -0.39 is 0 Å². The van der Waals surface area contributed by atoms with Crippen LogP contribution in [-0.4, -0.2) is 43.7 Å². The van der Waals surface area contributed by atoms with Crippen molar-refractivity contribution in [1.29, 1.82) is 0 Å². The highest BCUT2D eigenvalue weighted by Gasteiger charge is 2.28. The number of tetrazole rings is 1. The van der Waals surface area contributed by atoms with Gasteiger partial charge in [-0.15, -0.1) is 5.10 Å². The maximum atomic E-state index is 13.4. The molecule has 220 valence electrons. The number of aromatic amines is 1. The van der Waals surface area contributed by atoms with Gasteiger partial charge in [0.05, 0.1) is 11.6 Å². The van der Waals surface area contributed by atoms with Gasteiger partial charge in [0.15, 0.2) is 28.8 Å². The first-order chi connectivity index (χ1) is 21.1. The first-order valence-corrected chi connectivity index (χ1v) is 14.5. The summed E-state index contributed by atoms with van der Waals surface area (Å²) in [5.41, 5.74) is 3.44. The Hall–Kier alpha value is -4.90. The number of aromatic nitrogens is 5. The molecule has 0 radical (unpaired) electrons. The molecule has 2 aliphatic heterocycles. The molecule has 3 aromatic carbocycles. The van der Waals surface area contributed by atoms with Crippen LogP contribution in [0.5, 0.6) is 23.0 Å². The Bertz CT molecular complexity index is 1800. The normalized spacial score (nSPS) is 14.1. The van der Waals surface area contributed by atoms with Gasteiger partial charge in [0.2, 0.25) is 13.6 Å². The summed E-state index contributed by atoms with van der Waals surface area (Å²) in [5, 5.41) is 13.8. The SMILES string of the molecule is CCCC(c1nnnn1CCc1ccccc1)N(Cc1ccc2c(c1)OCO2)Cc1cc2cc3c(cc2[nH]c1=O)OCO3. The van der Waals surface area contributed by atoms with Gasteiger partial charge in [0.25, 0.3) is 5.56 Å². The molecule has 0 fully saturated rings. The Kier molecular flexibility index (Phi) is 7.38. The fourth-order valence-corrected chi connectivity index (χ4v) is 5.77. The topological polar surface area (TPSA) is 117 Å². The maximum Gasteiger partial charge on any atom is 0.252 e. The lowest BCUT2D eigenvalue weighted by Crippen LogP contribution is -2.32. The van der Waals surface area contributed by atoms with Gasteiger partial charge < -0.3 is 23.9 Å². The number of H-pyrrole nitrogens is 1. The summed E-state index contributed by atoms with van der Waals surface area (Å²) >= 11 is 0. The van der Waals surface area contributed by atoms with Crippen molar-refractivity contribution in [2.75, 3.05) is 13.6 Å². The molecule has 2 aromatic heterocycles. The molecule has 11 heteroatoms. The zero-order valence-corrected chi connectivity index (χ0v) is 23.9. The summed E-state index contributed by atoms with van der Waals surface area (Å²) in [6.07, 6.45) is 2.52. The summed E-state index contributed by atoms with van der Waals surface area (Å²) in [6.45, 7) is 4.10. The van der Waals surface area contributed by atoms with Crippen LogP contribution in [0.25, 0.3) is 10.9 Å². The third-order valence-electron chi connectivity index (χ3n) is 7.93. The van der Waals surface area contributed by atoms with E-state index >= 15 is 0 Å². The third-order valence-corrected chi connectivity index (χ3v) is 7.93. The van der Waals surface area contributed by atoms with Crippen LogP contribution < -0.4 is 24.5 Å². The van der Waals surface area contributed by atoms with Gasteiger partial charge in [0.1, 0.15) is 0 Å². The molecule has 0 spiro atoms. The first kappa shape index (κ1) is 27.0. The van der Waals surface area contributed by atoms with Crippen LogP contribution in [0.4, 0.5) is 0 Å². The number of hydrogen-bond acceptors (Lipinski definition) is 9. The Morgan fingerprint density at radius 3 is 2.47 bits per heavy atom. The molecule has 0 bridgehead atoms. The number of fused-ring (bicyclic) bond motifs is 3. The van der Waals surface area contributed by atoms with E-state index in [9.17, 15) is 4.79 Å². The van der Waals surface area contributed by atoms with Gasteiger partial charge in [-0.05, 0) is 58.7 Å². The highest BCUT2D eigenvalue weighted by atomic mass is 16.7. The number of ether oxygens (including phenoxy) is 4. The van der Waals surface area contributed by atoms with E-state index in [4.69, 9.17) is 18.9 Å². The monoisotopic (exact) mass is 580 g/mol. The molecule has 1 unspecified atom stereocenters. The summed E-state index contributed by atoms with van der Waals surface area (Å²) < 4.78 is 24.2. The van der Waals surface area contributed by atoms with E-state index in [0.717, 1.165) is 47.5 Å². The lowest BCUT2D eigenvalue weighted by molar-refractivity contribution is 0.155. The van der Waals surface area contributed by atoms with Crippen LogP contribution in [0.15, 0.2) is 71.5 Å². The molecule has 11 nitrogen and oxygen atoms in total. The van der Waals surface area contributed by atoms with Crippen molar-refractivity contribution < 1.29 is 18.9 Å². The highest BCUT2D eigenvalue weighted by molar-refractivity contribution is 5.83. The highest BCUT2D eigenvalue weighted by Crippen LogP contribution is 2.37. The Labute approximate surface area is 248 Å². The largest absolute Gasteiger partial charge is 0.454 e. The first-order valence-electron chi connectivity index (χ1n) is 14.5. The van der Waals surface area contributed by atoms with Gasteiger partial charge in [-0.3, -0.25) is 9.69 Å². The molecule has 43 heavy (non-hydrogen) atoms. The van der Waals surface area contributed by atoms with Gasteiger partial charge >= 0.3 is 0 Å². The number of benzene rings is 3. The molecule has 2 aliphatic rings. The molecular formula is C32H32N6O5. The number of nitrogens with zero attached hydrogens (tertiary/aromatic N) is 5. The van der Waals surface area contributed by atoms with Crippen molar-refractivity contribution in [2.45, 2.75) is 51.9 Å². The van der Waals surface area contributed by atoms with Crippen LogP contribution >= 0.6 is 0 Å². The molecule has 4 heterocycles. The quantitative estimate of drug-likeness (QED) is 0.236. The smallest absolute Gasteiger partial charge is 0.252 e. The van der Waals surface area contributed by atoms with Crippen molar-refractivity contribution in [3.05, 3.63) is 99.6 Å². The van der Waals surface area contributed by atoms with Crippen molar-refractivity contribution in [1.82, 2.24) is 30.1 Å². The lowest BCUT2D eigenvalue weighted by atomic mass is 10.0. The van der Waals surface area contributed by atoms with Crippen LogP contribution in [0.2, 0.25) is 0 Å². The lowest BCUT2D eigenvalue weighted by Gasteiger charge is -2.31. The second-order valence-electron chi connectivity index (χ2n) is 10.8. The van der Waals surface area contributed by atoms with Crippen molar-refractivity contribution in [2.24, 2.45) is 0 Å². The van der Waals surface area contributed by atoms with Gasteiger partial charge in [-0.2, -0.15) is 0 Å². The number of rotatable bonds is 11. The third kappa shape index (κ3) is 5.63. The average molecular weight is 581 g/mol. The maximum absolute atomic E-state index is 13.4. The second-order valence-corrected chi connectivity index (χ2v) is 10.8. The van der Waals surface area contributed by atoms with E-state index in [0.29, 0.717) is 42.2 Å². The fraction of sp³-hybridized carbons (Fsp3) is 0.312.